The number of carboxylic acids is 1. The van der Waals surface area contributed by atoms with Crippen molar-refractivity contribution in [1.82, 2.24) is 5.32 Å². The molecule has 0 unspecified atom stereocenters. The van der Waals surface area contributed by atoms with Crippen molar-refractivity contribution < 1.29 is 14.6 Å². The molecule has 1 aliphatic heterocycles. The molecule has 76 valence electrons. The summed E-state index contributed by atoms with van der Waals surface area (Å²) in [7, 11) is 1.70. The van der Waals surface area contributed by atoms with Crippen molar-refractivity contribution in [1.29, 1.82) is 0 Å². The lowest BCUT2D eigenvalue weighted by atomic mass is 9.93. The van der Waals surface area contributed by atoms with Crippen LogP contribution >= 0.6 is 0 Å². The first kappa shape index (κ1) is 10.5. The van der Waals surface area contributed by atoms with Crippen LogP contribution in [0.5, 0.6) is 0 Å². The SMILES string of the molecule is CO[C@H]1CNC[C@@H](CCC(=O)O)C1. The molecule has 0 amide bonds. The van der Waals surface area contributed by atoms with Gasteiger partial charge in [-0.3, -0.25) is 4.79 Å². The molecule has 1 rings (SSSR count). The van der Waals surface area contributed by atoms with E-state index < -0.39 is 5.97 Å². The van der Waals surface area contributed by atoms with Crippen LogP contribution in [0, 0.1) is 5.92 Å². The third-order valence-electron chi connectivity index (χ3n) is 2.50. The Kier molecular flexibility index (Phi) is 4.18. The van der Waals surface area contributed by atoms with Crippen LogP contribution in [0.15, 0.2) is 0 Å². The number of carboxylic acid groups (broad SMARTS) is 1. The number of carbonyl (C=O) groups is 1. The summed E-state index contributed by atoms with van der Waals surface area (Å²) in [5.41, 5.74) is 0. The topological polar surface area (TPSA) is 58.6 Å². The number of nitrogens with one attached hydrogen (secondary N) is 1. The van der Waals surface area contributed by atoms with Gasteiger partial charge in [-0.05, 0) is 25.3 Å². The van der Waals surface area contributed by atoms with Crippen LogP contribution in [0.4, 0.5) is 0 Å². The lowest BCUT2D eigenvalue weighted by molar-refractivity contribution is -0.137. The van der Waals surface area contributed by atoms with Crippen molar-refractivity contribution in [2.75, 3.05) is 20.2 Å². The van der Waals surface area contributed by atoms with Crippen LogP contribution in [0.1, 0.15) is 19.3 Å². The van der Waals surface area contributed by atoms with Gasteiger partial charge in [0.2, 0.25) is 0 Å². The molecule has 4 heteroatoms. The minimum atomic E-state index is -0.709. The summed E-state index contributed by atoms with van der Waals surface area (Å²) >= 11 is 0. The number of rotatable bonds is 4. The van der Waals surface area contributed by atoms with E-state index >= 15 is 0 Å². The molecule has 0 spiro atoms. The standard InChI is InChI=1S/C9H17NO3/c1-13-8-4-7(5-10-6-8)2-3-9(11)12/h7-8,10H,2-6H2,1H3,(H,11,12)/t7-,8+/m0/s1. The molecule has 0 aromatic rings. The molecule has 2 N–H and O–H groups in total. The molecular weight excluding hydrogens is 170 g/mol. The molecule has 0 bridgehead atoms. The fourth-order valence-corrected chi connectivity index (χ4v) is 1.71. The van der Waals surface area contributed by atoms with E-state index in [0.717, 1.165) is 25.9 Å². The van der Waals surface area contributed by atoms with Crippen molar-refractivity contribution in [2.24, 2.45) is 5.92 Å². The average molecular weight is 187 g/mol. The highest BCUT2D eigenvalue weighted by Crippen LogP contribution is 2.17. The van der Waals surface area contributed by atoms with Gasteiger partial charge in [0.05, 0.1) is 6.10 Å². The van der Waals surface area contributed by atoms with Crippen molar-refractivity contribution in [2.45, 2.75) is 25.4 Å². The zero-order valence-electron chi connectivity index (χ0n) is 7.95. The largest absolute Gasteiger partial charge is 0.481 e. The Morgan fingerprint density at radius 2 is 2.38 bits per heavy atom. The summed E-state index contributed by atoms with van der Waals surface area (Å²) in [4.78, 5) is 10.3. The highest BCUT2D eigenvalue weighted by atomic mass is 16.5. The van der Waals surface area contributed by atoms with Crippen molar-refractivity contribution >= 4 is 5.97 Å². The van der Waals surface area contributed by atoms with Gasteiger partial charge in [-0.25, -0.2) is 0 Å². The van der Waals surface area contributed by atoms with Crippen LogP contribution in [-0.2, 0) is 9.53 Å². The predicted molar refractivity (Wildman–Crippen MR) is 48.6 cm³/mol. The van der Waals surface area contributed by atoms with E-state index in [9.17, 15) is 4.79 Å². The molecule has 13 heavy (non-hydrogen) atoms. The fraction of sp³-hybridized carbons (Fsp3) is 0.889. The van der Waals surface area contributed by atoms with E-state index in [0.29, 0.717) is 5.92 Å². The average Bonchev–Trinajstić information content (AvgIpc) is 2.15. The molecule has 1 heterocycles. The van der Waals surface area contributed by atoms with Crippen molar-refractivity contribution in [3.05, 3.63) is 0 Å². The highest BCUT2D eigenvalue weighted by molar-refractivity contribution is 5.66. The molecule has 4 nitrogen and oxygen atoms in total. The molecular formula is C9H17NO3. The smallest absolute Gasteiger partial charge is 0.303 e. The van der Waals surface area contributed by atoms with E-state index in [1.54, 1.807) is 7.11 Å². The Bertz CT molecular complexity index is 172. The number of ether oxygens (including phenoxy) is 1. The summed E-state index contributed by atoms with van der Waals surface area (Å²) in [5, 5.41) is 11.8. The van der Waals surface area contributed by atoms with Gasteiger partial charge in [0.15, 0.2) is 0 Å². The van der Waals surface area contributed by atoms with E-state index in [1.807, 2.05) is 0 Å². The Morgan fingerprint density at radius 3 is 3.00 bits per heavy atom. The predicted octanol–water partition coefficient (Wildman–Crippen LogP) is 0.476. The molecule has 1 aliphatic rings. The first-order valence-corrected chi connectivity index (χ1v) is 4.67. The molecule has 0 aromatic heterocycles. The number of hydrogen-bond donors (Lipinski definition) is 2. The van der Waals surface area contributed by atoms with Gasteiger partial charge >= 0.3 is 5.97 Å². The first-order chi connectivity index (χ1) is 6.22. The van der Waals surface area contributed by atoms with Crippen molar-refractivity contribution in [3.63, 3.8) is 0 Å². The van der Waals surface area contributed by atoms with Gasteiger partial charge in [-0.2, -0.15) is 0 Å². The number of aliphatic carboxylic acids is 1. The maximum Gasteiger partial charge on any atom is 0.303 e. The first-order valence-electron chi connectivity index (χ1n) is 4.67. The maximum atomic E-state index is 10.3. The molecule has 0 aromatic carbocycles. The van der Waals surface area contributed by atoms with E-state index in [2.05, 4.69) is 5.32 Å². The minimum Gasteiger partial charge on any atom is -0.481 e. The van der Waals surface area contributed by atoms with E-state index in [-0.39, 0.29) is 12.5 Å². The van der Waals surface area contributed by atoms with Gasteiger partial charge in [0.25, 0.3) is 0 Å². The van der Waals surface area contributed by atoms with E-state index in [4.69, 9.17) is 9.84 Å². The number of hydrogen-bond acceptors (Lipinski definition) is 3. The minimum absolute atomic E-state index is 0.257. The molecule has 0 aliphatic carbocycles. The van der Waals surface area contributed by atoms with Crippen LogP contribution in [0.2, 0.25) is 0 Å². The maximum absolute atomic E-state index is 10.3. The summed E-state index contributed by atoms with van der Waals surface area (Å²) < 4.78 is 5.22. The summed E-state index contributed by atoms with van der Waals surface area (Å²) in [6, 6.07) is 0. The van der Waals surface area contributed by atoms with Crippen LogP contribution < -0.4 is 5.32 Å². The van der Waals surface area contributed by atoms with E-state index in [1.165, 1.54) is 0 Å². The molecule has 0 saturated carbocycles. The summed E-state index contributed by atoms with van der Waals surface area (Å²) in [6.07, 6.45) is 2.26. The highest BCUT2D eigenvalue weighted by Gasteiger charge is 2.21. The molecule has 0 radical (unpaired) electrons. The second kappa shape index (κ2) is 5.19. The fourth-order valence-electron chi connectivity index (χ4n) is 1.71. The quantitative estimate of drug-likeness (QED) is 0.672. The lowest BCUT2D eigenvalue weighted by Gasteiger charge is -2.28. The Morgan fingerprint density at radius 1 is 1.62 bits per heavy atom. The van der Waals surface area contributed by atoms with Gasteiger partial charge in [0, 0.05) is 20.1 Å². The third kappa shape index (κ3) is 3.74. The summed E-state index contributed by atoms with van der Waals surface area (Å²) in [6.45, 7) is 1.81. The molecule has 1 fully saturated rings. The van der Waals surface area contributed by atoms with Gasteiger partial charge in [0.1, 0.15) is 0 Å². The second-order valence-corrected chi connectivity index (χ2v) is 3.55. The van der Waals surface area contributed by atoms with Crippen molar-refractivity contribution in [3.8, 4) is 0 Å². The van der Waals surface area contributed by atoms with Gasteiger partial charge < -0.3 is 15.2 Å². The zero-order valence-corrected chi connectivity index (χ0v) is 7.95. The van der Waals surface area contributed by atoms with Crippen LogP contribution in [0.3, 0.4) is 0 Å². The van der Waals surface area contributed by atoms with Gasteiger partial charge in [-0.1, -0.05) is 0 Å². The summed E-state index contributed by atoms with van der Waals surface area (Å²) in [5.74, 6) is -0.255. The second-order valence-electron chi connectivity index (χ2n) is 3.55. The number of piperidine rings is 1. The lowest BCUT2D eigenvalue weighted by Crippen LogP contribution is -2.40. The van der Waals surface area contributed by atoms with Crippen LogP contribution in [-0.4, -0.2) is 37.4 Å². The monoisotopic (exact) mass is 187 g/mol. The zero-order chi connectivity index (χ0) is 9.68. The Labute approximate surface area is 78.3 Å². The molecule has 2 atom stereocenters. The Balaban J connectivity index is 2.21. The Hall–Kier alpha value is -0.610. The third-order valence-corrected chi connectivity index (χ3v) is 2.50. The number of methoxy groups -OCH3 is 1. The molecule has 1 saturated heterocycles. The van der Waals surface area contributed by atoms with Crippen LogP contribution in [0.25, 0.3) is 0 Å². The van der Waals surface area contributed by atoms with Gasteiger partial charge in [-0.15, -0.1) is 0 Å². The normalized spacial score (nSPS) is 28.7.